The number of nitrogens with one attached hydrogen (secondary N) is 1. The summed E-state index contributed by atoms with van der Waals surface area (Å²) in [6.45, 7) is 3.26. The second-order valence-corrected chi connectivity index (χ2v) is 3.92. The monoisotopic (exact) mass is 207 g/mol. The maximum atomic E-state index is 10.8. The number of hydrogen-bond acceptors (Lipinski definition) is 3. The minimum absolute atomic E-state index is 0. The van der Waals surface area contributed by atoms with Crippen LogP contribution >= 0.6 is 12.4 Å². The smallest absolute Gasteiger partial charge is 0.335 e. The van der Waals surface area contributed by atoms with E-state index in [0.717, 1.165) is 19.5 Å². The molecule has 1 spiro atoms. The lowest BCUT2D eigenvalue weighted by Gasteiger charge is -2.39. The average molecular weight is 208 g/mol. The van der Waals surface area contributed by atoms with Crippen LogP contribution in [0.15, 0.2) is 0 Å². The first-order valence-electron chi connectivity index (χ1n) is 4.21. The van der Waals surface area contributed by atoms with Crippen molar-refractivity contribution >= 4 is 18.4 Å². The fraction of sp³-hybridized carbons (Fsp3) is 0.875. The molecule has 2 saturated heterocycles. The van der Waals surface area contributed by atoms with Crippen molar-refractivity contribution in [3.05, 3.63) is 0 Å². The lowest BCUT2D eigenvalue weighted by atomic mass is 9.92. The SMILES string of the molecule is CC1(C(=O)O)CCC2(CNC2)O1.Cl. The fourth-order valence-electron chi connectivity index (χ4n) is 1.85. The second kappa shape index (κ2) is 3.12. The molecule has 0 saturated carbocycles. The van der Waals surface area contributed by atoms with Crippen LogP contribution in [-0.4, -0.2) is 35.4 Å². The summed E-state index contributed by atoms with van der Waals surface area (Å²) < 4.78 is 5.57. The second-order valence-electron chi connectivity index (χ2n) is 3.92. The van der Waals surface area contributed by atoms with Crippen molar-refractivity contribution in [3.63, 3.8) is 0 Å². The molecule has 1 atom stereocenters. The van der Waals surface area contributed by atoms with Gasteiger partial charge >= 0.3 is 5.97 Å². The summed E-state index contributed by atoms with van der Waals surface area (Å²) in [7, 11) is 0. The van der Waals surface area contributed by atoms with Crippen LogP contribution in [0.25, 0.3) is 0 Å². The van der Waals surface area contributed by atoms with E-state index in [2.05, 4.69) is 5.32 Å². The van der Waals surface area contributed by atoms with E-state index in [1.54, 1.807) is 6.92 Å². The molecule has 0 aromatic rings. The molecule has 2 fully saturated rings. The van der Waals surface area contributed by atoms with Crippen LogP contribution in [0.2, 0.25) is 0 Å². The molecule has 2 heterocycles. The van der Waals surface area contributed by atoms with Gasteiger partial charge in [-0.1, -0.05) is 0 Å². The van der Waals surface area contributed by atoms with Gasteiger partial charge in [0.25, 0.3) is 0 Å². The molecule has 0 bridgehead atoms. The maximum absolute atomic E-state index is 10.8. The number of halogens is 1. The van der Waals surface area contributed by atoms with E-state index in [1.807, 2.05) is 0 Å². The Kier molecular flexibility index (Phi) is 2.58. The zero-order valence-corrected chi connectivity index (χ0v) is 8.32. The summed E-state index contributed by atoms with van der Waals surface area (Å²) in [5.74, 6) is -0.841. The van der Waals surface area contributed by atoms with E-state index in [-0.39, 0.29) is 18.0 Å². The van der Waals surface area contributed by atoms with Gasteiger partial charge in [0.15, 0.2) is 5.60 Å². The summed E-state index contributed by atoms with van der Waals surface area (Å²) in [4.78, 5) is 10.8. The van der Waals surface area contributed by atoms with E-state index in [9.17, 15) is 4.79 Å². The van der Waals surface area contributed by atoms with Crippen LogP contribution < -0.4 is 5.32 Å². The van der Waals surface area contributed by atoms with E-state index in [4.69, 9.17) is 9.84 Å². The van der Waals surface area contributed by atoms with Gasteiger partial charge in [0.05, 0.1) is 5.60 Å². The molecule has 0 aromatic carbocycles. The first kappa shape index (κ1) is 10.8. The normalized spacial score (nSPS) is 35.2. The largest absolute Gasteiger partial charge is 0.479 e. The molecular weight excluding hydrogens is 194 g/mol. The van der Waals surface area contributed by atoms with Gasteiger partial charge in [-0.05, 0) is 19.8 Å². The minimum Gasteiger partial charge on any atom is -0.479 e. The summed E-state index contributed by atoms with van der Waals surface area (Å²) in [6, 6.07) is 0. The Labute approximate surface area is 83.1 Å². The summed E-state index contributed by atoms with van der Waals surface area (Å²) in [6.07, 6.45) is 1.49. The van der Waals surface area contributed by atoms with Crippen molar-refractivity contribution in [2.75, 3.05) is 13.1 Å². The number of carboxylic acids is 1. The van der Waals surface area contributed by atoms with Crippen LogP contribution in [0, 0.1) is 0 Å². The molecule has 0 aromatic heterocycles. The number of aliphatic carboxylic acids is 1. The Morgan fingerprint density at radius 2 is 2.08 bits per heavy atom. The highest BCUT2D eigenvalue weighted by Gasteiger charge is 2.53. The van der Waals surface area contributed by atoms with Crippen LogP contribution in [0.5, 0.6) is 0 Å². The molecule has 13 heavy (non-hydrogen) atoms. The molecule has 0 amide bonds. The maximum Gasteiger partial charge on any atom is 0.335 e. The van der Waals surface area contributed by atoms with Crippen molar-refractivity contribution in [1.82, 2.24) is 5.32 Å². The molecule has 2 N–H and O–H groups in total. The van der Waals surface area contributed by atoms with Crippen LogP contribution in [0.4, 0.5) is 0 Å². The van der Waals surface area contributed by atoms with Gasteiger partial charge in [-0.2, -0.15) is 0 Å². The molecular formula is C8H14ClNO3. The fourth-order valence-corrected chi connectivity index (χ4v) is 1.85. The summed E-state index contributed by atoms with van der Waals surface area (Å²) >= 11 is 0. The Morgan fingerprint density at radius 1 is 1.46 bits per heavy atom. The van der Waals surface area contributed by atoms with Gasteiger partial charge < -0.3 is 15.2 Å². The highest BCUT2D eigenvalue weighted by atomic mass is 35.5. The predicted octanol–water partition coefficient (Wildman–Crippen LogP) is 0.404. The van der Waals surface area contributed by atoms with Gasteiger partial charge in [-0.25, -0.2) is 4.79 Å². The predicted molar refractivity (Wildman–Crippen MR) is 49.2 cm³/mol. The third-order valence-corrected chi connectivity index (χ3v) is 2.85. The van der Waals surface area contributed by atoms with Gasteiger partial charge in [0.2, 0.25) is 0 Å². The third kappa shape index (κ3) is 1.54. The zero-order valence-electron chi connectivity index (χ0n) is 7.50. The minimum atomic E-state index is -0.942. The molecule has 2 aliphatic rings. The Hall–Kier alpha value is -0.320. The quantitative estimate of drug-likeness (QED) is 0.654. The molecule has 1 unspecified atom stereocenters. The number of ether oxygens (including phenoxy) is 1. The van der Waals surface area contributed by atoms with E-state index in [1.165, 1.54) is 0 Å². The number of hydrogen-bond donors (Lipinski definition) is 2. The van der Waals surface area contributed by atoms with Crippen molar-refractivity contribution in [2.24, 2.45) is 0 Å². The number of carboxylic acid groups (broad SMARTS) is 1. The van der Waals surface area contributed by atoms with Gasteiger partial charge in [0, 0.05) is 13.1 Å². The Morgan fingerprint density at radius 3 is 2.31 bits per heavy atom. The first-order valence-corrected chi connectivity index (χ1v) is 4.21. The lowest BCUT2D eigenvalue weighted by Crippen LogP contribution is -2.60. The van der Waals surface area contributed by atoms with E-state index < -0.39 is 11.6 Å². The average Bonchev–Trinajstić information content (AvgIpc) is 2.28. The Bertz CT molecular complexity index is 229. The topological polar surface area (TPSA) is 58.6 Å². The van der Waals surface area contributed by atoms with Gasteiger partial charge in [-0.3, -0.25) is 0 Å². The van der Waals surface area contributed by atoms with Crippen LogP contribution in [-0.2, 0) is 9.53 Å². The first-order chi connectivity index (χ1) is 5.56. The molecule has 5 heteroatoms. The molecule has 4 nitrogen and oxygen atoms in total. The van der Waals surface area contributed by atoms with Crippen LogP contribution in [0.3, 0.4) is 0 Å². The molecule has 2 aliphatic heterocycles. The van der Waals surface area contributed by atoms with Crippen LogP contribution in [0.1, 0.15) is 19.8 Å². The summed E-state index contributed by atoms with van der Waals surface area (Å²) in [5, 5.41) is 12.0. The van der Waals surface area contributed by atoms with Crippen molar-refractivity contribution in [1.29, 1.82) is 0 Å². The lowest BCUT2D eigenvalue weighted by molar-refractivity contribution is -0.175. The van der Waals surface area contributed by atoms with Gasteiger partial charge in [-0.15, -0.1) is 12.4 Å². The number of rotatable bonds is 1. The van der Waals surface area contributed by atoms with Crippen molar-refractivity contribution in [2.45, 2.75) is 31.0 Å². The standard InChI is InChI=1S/C8H13NO3.ClH/c1-7(6(10)11)2-3-8(12-7)4-9-5-8;/h9H,2-5H2,1H3,(H,10,11);1H. The molecule has 2 rings (SSSR count). The summed E-state index contributed by atoms with van der Waals surface area (Å²) in [5.41, 5.74) is -1.10. The van der Waals surface area contributed by atoms with Gasteiger partial charge in [0.1, 0.15) is 0 Å². The molecule has 0 radical (unpaired) electrons. The Balaban J connectivity index is 0.000000845. The van der Waals surface area contributed by atoms with E-state index in [0.29, 0.717) is 6.42 Å². The number of carbonyl (C=O) groups is 1. The van der Waals surface area contributed by atoms with E-state index >= 15 is 0 Å². The molecule has 0 aliphatic carbocycles. The third-order valence-electron chi connectivity index (χ3n) is 2.85. The highest BCUT2D eigenvalue weighted by Crippen LogP contribution is 2.40. The van der Waals surface area contributed by atoms with Crippen molar-refractivity contribution < 1.29 is 14.6 Å². The highest BCUT2D eigenvalue weighted by molar-refractivity contribution is 5.85. The molecule has 76 valence electrons. The van der Waals surface area contributed by atoms with Crippen molar-refractivity contribution in [3.8, 4) is 0 Å². The zero-order chi connectivity index (χ0) is 8.82.